The van der Waals surface area contributed by atoms with Crippen molar-refractivity contribution in [2.75, 3.05) is 7.11 Å². The van der Waals surface area contributed by atoms with Crippen molar-refractivity contribution in [3.8, 4) is 17.1 Å². The Labute approximate surface area is 154 Å². The number of aryl methyl sites for hydroxylation is 2. The van der Waals surface area contributed by atoms with Crippen LogP contribution in [0.2, 0.25) is 0 Å². The molecule has 3 aromatic rings. The van der Waals surface area contributed by atoms with Crippen molar-refractivity contribution in [2.24, 2.45) is 0 Å². The standard InChI is InChI=1S/C23H26O3/c1-11-9-12(2)19-18(10-11)26-22(23(25-8)21(19)24)20-16(6)14(4)13(3)15(5)17(20)7/h9-10H,1-8H3. The highest BCUT2D eigenvalue weighted by Crippen LogP contribution is 2.39. The number of hydrogen-bond donors (Lipinski definition) is 0. The first-order valence-corrected chi connectivity index (χ1v) is 8.88. The zero-order valence-electron chi connectivity index (χ0n) is 16.9. The molecular weight excluding hydrogens is 324 g/mol. The molecule has 0 amide bonds. The van der Waals surface area contributed by atoms with Crippen LogP contribution in [0.15, 0.2) is 21.3 Å². The van der Waals surface area contributed by atoms with E-state index < -0.39 is 0 Å². The van der Waals surface area contributed by atoms with Crippen LogP contribution in [0.3, 0.4) is 0 Å². The Morgan fingerprint density at radius 2 is 1.35 bits per heavy atom. The summed E-state index contributed by atoms with van der Waals surface area (Å²) in [4.78, 5) is 13.2. The van der Waals surface area contributed by atoms with Gasteiger partial charge < -0.3 is 9.15 Å². The Balaban J connectivity index is 2.54. The fourth-order valence-electron chi connectivity index (χ4n) is 3.86. The van der Waals surface area contributed by atoms with E-state index in [0.29, 0.717) is 16.7 Å². The van der Waals surface area contributed by atoms with E-state index in [2.05, 4.69) is 34.6 Å². The van der Waals surface area contributed by atoms with E-state index in [0.717, 1.165) is 27.8 Å². The number of rotatable bonds is 2. The number of ether oxygens (including phenoxy) is 1. The van der Waals surface area contributed by atoms with E-state index in [1.54, 1.807) is 0 Å². The van der Waals surface area contributed by atoms with Crippen LogP contribution in [-0.2, 0) is 0 Å². The third kappa shape index (κ3) is 2.54. The van der Waals surface area contributed by atoms with Gasteiger partial charge in [-0.25, -0.2) is 0 Å². The first kappa shape index (κ1) is 18.2. The summed E-state index contributed by atoms with van der Waals surface area (Å²) >= 11 is 0. The fraction of sp³-hybridized carbons (Fsp3) is 0.348. The van der Waals surface area contributed by atoms with Gasteiger partial charge in [0.05, 0.1) is 12.5 Å². The first-order chi connectivity index (χ1) is 12.2. The van der Waals surface area contributed by atoms with Crippen molar-refractivity contribution in [3.05, 3.63) is 61.3 Å². The average Bonchev–Trinajstić information content (AvgIpc) is 2.58. The van der Waals surface area contributed by atoms with Gasteiger partial charge in [-0.1, -0.05) is 6.07 Å². The van der Waals surface area contributed by atoms with Gasteiger partial charge in [-0.3, -0.25) is 4.79 Å². The Morgan fingerprint density at radius 1 is 0.808 bits per heavy atom. The minimum absolute atomic E-state index is 0.115. The molecule has 0 atom stereocenters. The van der Waals surface area contributed by atoms with Crippen LogP contribution in [0.25, 0.3) is 22.3 Å². The van der Waals surface area contributed by atoms with E-state index in [9.17, 15) is 4.79 Å². The molecule has 3 nitrogen and oxygen atoms in total. The summed E-state index contributed by atoms with van der Waals surface area (Å²) in [6.45, 7) is 14.5. The highest BCUT2D eigenvalue weighted by molar-refractivity contribution is 5.86. The van der Waals surface area contributed by atoms with E-state index >= 15 is 0 Å². The molecule has 0 saturated carbocycles. The fourth-order valence-corrected chi connectivity index (χ4v) is 3.86. The van der Waals surface area contributed by atoms with Crippen molar-refractivity contribution < 1.29 is 9.15 Å². The second-order valence-electron chi connectivity index (χ2n) is 7.25. The number of methoxy groups -OCH3 is 1. The minimum Gasteiger partial charge on any atom is -0.490 e. The second kappa shape index (κ2) is 6.31. The lowest BCUT2D eigenvalue weighted by molar-refractivity contribution is 0.398. The van der Waals surface area contributed by atoms with Crippen LogP contribution in [-0.4, -0.2) is 7.11 Å². The van der Waals surface area contributed by atoms with Crippen LogP contribution < -0.4 is 10.2 Å². The lowest BCUT2D eigenvalue weighted by atomic mass is 9.88. The van der Waals surface area contributed by atoms with E-state index in [-0.39, 0.29) is 11.2 Å². The Morgan fingerprint density at radius 3 is 1.88 bits per heavy atom. The van der Waals surface area contributed by atoms with Gasteiger partial charge in [0, 0.05) is 5.56 Å². The summed E-state index contributed by atoms with van der Waals surface area (Å²) in [6.07, 6.45) is 0. The molecule has 3 rings (SSSR count). The molecule has 0 spiro atoms. The largest absolute Gasteiger partial charge is 0.490 e. The molecular formula is C23H26O3. The van der Waals surface area contributed by atoms with Gasteiger partial charge in [-0.05, 0) is 93.5 Å². The molecule has 1 aromatic heterocycles. The van der Waals surface area contributed by atoms with E-state index in [1.807, 2.05) is 26.0 Å². The predicted octanol–water partition coefficient (Wildman–Crippen LogP) is 5.63. The molecule has 0 bridgehead atoms. The summed E-state index contributed by atoms with van der Waals surface area (Å²) in [7, 11) is 1.53. The summed E-state index contributed by atoms with van der Waals surface area (Å²) in [5.74, 6) is 0.800. The van der Waals surface area contributed by atoms with Crippen molar-refractivity contribution in [3.63, 3.8) is 0 Å². The third-order valence-corrected chi connectivity index (χ3v) is 5.73. The molecule has 3 heteroatoms. The average molecular weight is 350 g/mol. The van der Waals surface area contributed by atoms with Crippen molar-refractivity contribution in [1.82, 2.24) is 0 Å². The topological polar surface area (TPSA) is 39.4 Å². The van der Waals surface area contributed by atoms with Crippen molar-refractivity contribution >= 4 is 11.0 Å². The summed E-state index contributed by atoms with van der Waals surface area (Å²) in [5, 5.41) is 0.590. The molecule has 0 radical (unpaired) electrons. The van der Waals surface area contributed by atoms with Gasteiger partial charge in [0.2, 0.25) is 11.2 Å². The van der Waals surface area contributed by atoms with Crippen LogP contribution >= 0.6 is 0 Å². The number of hydrogen-bond acceptors (Lipinski definition) is 3. The van der Waals surface area contributed by atoms with Crippen LogP contribution in [0.5, 0.6) is 5.75 Å². The molecule has 0 unspecified atom stereocenters. The zero-order valence-corrected chi connectivity index (χ0v) is 16.9. The summed E-state index contributed by atoms with van der Waals surface area (Å²) < 4.78 is 11.8. The summed E-state index contributed by atoms with van der Waals surface area (Å²) in [5.41, 5.74) is 9.38. The highest BCUT2D eigenvalue weighted by atomic mass is 16.5. The maximum Gasteiger partial charge on any atom is 0.235 e. The molecule has 0 aliphatic carbocycles. The van der Waals surface area contributed by atoms with Gasteiger partial charge >= 0.3 is 0 Å². The molecule has 0 saturated heterocycles. The summed E-state index contributed by atoms with van der Waals surface area (Å²) in [6, 6.07) is 3.92. The van der Waals surface area contributed by atoms with Crippen LogP contribution in [0, 0.1) is 48.5 Å². The molecule has 0 aliphatic heterocycles. The SMILES string of the molecule is COc1c(-c2c(C)c(C)c(C)c(C)c2C)oc2cc(C)cc(C)c2c1=O. The number of fused-ring (bicyclic) bond motifs is 1. The quantitative estimate of drug-likeness (QED) is 0.601. The lowest BCUT2D eigenvalue weighted by Gasteiger charge is -2.20. The predicted molar refractivity (Wildman–Crippen MR) is 108 cm³/mol. The molecule has 2 aromatic carbocycles. The third-order valence-electron chi connectivity index (χ3n) is 5.73. The van der Waals surface area contributed by atoms with Crippen LogP contribution in [0.1, 0.15) is 38.9 Å². The lowest BCUT2D eigenvalue weighted by Crippen LogP contribution is -2.10. The molecule has 1 heterocycles. The van der Waals surface area contributed by atoms with Crippen LogP contribution in [0.4, 0.5) is 0 Å². The normalized spacial score (nSPS) is 11.2. The van der Waals surface area contributed by atoms with Gasteiger partial charge in [-0.2, -0.15) is 0 Å². The Hall–Kier alpha value is -2.55. The van der Waals surface area contributed by atoms with Gasteiger partial charge in [0.25, 0.3) is 0 Å². The zero-order chi connectivity index (χ0) is 19.3. The van der Waals surface area contributed by atoms with Gasteiger partial charge in [0.1, 0.15) is 5.58 Å². The van der Waals surface area contributed by atoms with Gasteiger partial charge in [-0.15, -0.1) is 0 Å². The smallest absolute Gasteiger partial charge is 0.235 e. The minimum atomic E-state index is -0.115. The molecule has 136 valence electrons. The van der Waals surface area contributed by atoms with Gasteiger partial charge in [0.15, 0.2) is 5.76 Å². The molecule has 0 N–H and O–H groups in total. The van der Waals surface area contributed by atoms with Crippen molar-refractivity contribution in [2.45, 2.75) is 48.5 Å². The molecule has 0 fully saturated rings. The second-order valence-corrected chi connectivity index (χ2v) is 7.25. The maximum absolute atomic E-state index is 13.2. The maximum atomic E-state index is 13.2. The molecule has 26 heavy (non-hydrogen) atoms. The Bertz CT molecular complexity index is 1070. The first-order valence-electron chi connectivity index (χ1n) is 8.88. The monoisotopic (exact) mass is 350 g/mol. The highest BCUT2D eigenvalue weighted by Gasteiger charge is 2.23. The van der Waals surface area contributed by atoms with E-state index in [1.165, 1.54) is 23.8 Å². The number of benzene rings is 2. The Kier molecular flexibility index (Phi) is 4.43. The van der Waals surface area contributed by atoms with Crippen molar-refractivity contribution in [1.29, 1.82) is 0 Å². The van der Waals surface area contributed by atoms with E-state index in [4.69, 9.17) is 9.15 Å². The molecule has 0 aliphatic rings.